The number of hydrogen-bond acceptors (Lipinski definition) is 6. The fourth-order valence-electron chi connectivity index (χ4n) is 5.85. The number of nitrogens with zero attached hydrogens (tertiary/aromatic N) is 4. The summed E-state index contributed by atoms with van der Waals surface area (Å²) in [7, 11) is 1.73. The van der Waals surface area contributed by atoms with Gasteiger partial charge in [-0.05, 0) is 61.6 Å². The Hall–Kier alpha value is -2.89. The molecule has 2 aliphatic heterocycles. The van der Waals surface area contributed by atoms with Crippen LogP contribution < -0.4 is 10.5 Å². The number of anilines is 1. The first-order chi connectivity index (χ1) is 19.3. The van der Waals surface area contributed by atoms with E-state index in [-0.39, 0.29) is 17.0 Å². The number of unbranched alkanes of at least 4 members (excludes halogenated alkanes) is 1. The molecule has 0 saturated carbocycles. The molecule has 1 aromatic heterocycles. The molecule has 1 atom stereocenters. The fourth-order valence-corrected chi connectivity index (χ4v) is 7.11. The van der Waals surface area contributed by atoms with Crippen molar-refractivity contribution in [3.8, 4) is 6.07 Å². The summed E-state index contributed by atoms with van der Waals surface area (Å²) in [6, 6.07) is 12.7. The van der Waals surface area contributed by atoms with Gasteiger partial charge in [-0.25, -0.2) is 0 Å². The highest BCUT2D eigenvalue weighted by atomic mass is 32.2. The predicted octanol–water partition coefficient (Wildman–Crippen LogP) is 6.44. The van der Waals surface area contributed by atoms with E-state index in [1.807, 2.05) is 19.1 Å². The number of benzene rings is 1. The number of piperidine rings is 1. The summed E-state index contributed by atoms with van der Waals surface area (Å²) in [5.41, 5.74) is 2.56. The maximum Gasteiger partial charge on any atom is 0.270 e. The van der Waals surface area contributed by atoms with Crippen molar-refractivity contribution >= 4 is 46.1 Å². The number of hydrogen-bond donors (Lipinski definition) is 0. The molecular formula is C32H40N4O2S2. The Labute approximate surface area is 248 Å². The van der Waals surface area contributed by atoms with E-state index in [0.29, 0.717) is 33.2 Å². The quantitative estimate of drug-likeness (QED) is 0.239. The highest BCUT2D eigenvalue weighted by Gasteiger charge is 2.34. The number of aromatic nitrogens is 1. The topological polar surface area (TPSA) is 69.3 Å². The van der Waals surface area contributed by atoms with Crippen LogP contribution in [0.3, 0.4) is 0 Å². The molecule has 1 aromatic carbocycles. The minimum atomic E-state index is -0.298. The first-order valence-electron chi connectivity index (χ1n) is 14.5. The number of nitriles is 1. The van der Waals surface area contributed by atoms with Gasteiger partial charge in [-0.1, -0.05) is 87.4 Å². The molecular weight excluding hydrogens is 537 g/mol. The summed E-state index contributed by atoms with van der Waals surface area (Å²) in [5.74, 6) is 1.69. The Kier molecular flexibility index (Phi) is 10.3. The Morgan fingerprint density at radius 2 is 1.88 bits per heavy atom. The van der Waals surface area contributed by atoms with Crippen LogP contribution in [0.2, 0.25) is 0 Å². The van der Waals surface area contributed by atoms with E-state index < -0.39 is 0 Å². The first-order valence-corrected chi connectivity index (χ1v) is 15.7. The molecule has 1 amide bonds. The minimum absolute atomic E-state index is 0.0794. The van der Waals surface area contributed by atoms with Crippen molar-refractivity contribution in [2.75, 3.05) is 24.5 Å². The lowest BCUT2D eigenvalue weighted by molar-refractivity contribution is -0.122. The third kappa shape index (κ3) is 6.53. The van der Waals surface area contributed by atoms with Crippen LogP contribution in [0.1, 0.15) is 74.6 Å². The van der Waals surface area contributed by atoms with E-state index in [0.717, 1.165) is 69.4 Å². The second kappa shape index (κ2) is 13.6. The van der Waals surface area contributed by atoms with Gasteiger partial charge in [-0.2, -0.15) is 5.26 Å². The van der Waals surface area contributed by atoms with Gasteiger partial charge < -0.3 is 4.90 Å². The molecule has 4 rings (SSSR count). The second-order valence-corrected chi connectivity index (χ2v) is 12.7. The Morgan fingerprint density at radius 3 is 2.50 bits per heavy atom. The summed E-state index contributed by atoms with van der Waals surface area (Å²) >= 11 is 6.97. The summed E-state index contributed by atoms with van der Waals surface area (Å²) in [6.45, 7) is 8.43. The Morgan fingerprint density at radius 1 is 1.18 bits per heavy atom. The molecule has 2 aromatic rings. The predicted molar refractivity (Wildman–Crippen MR) is 169 cm³/mol. The Bertz CT molecular complexity index is 1370. The summed E-state index contributed by atoms with van der Waals surface area (Å²) in [5, 5.41) is 9.82. The molecule has 2 saturated heterocycles. The molecule has 8 heteroatoms. The number of carbonyl (C=O) groups excluding carboxylic acids is 1. The molecule has 1 unspecified atom stereocenters. The van der Waals surface area contributed by atoms with Crippen molar-refractivity contribution in [3.05, 3.63) is 67.8 Å². The lowest BCUT2D eigenvalue weighted by atomic mass is 9.90. The summed E-state index contributed by atoms with van der Waals surface area (Å²) in [6.07, 6.45) is 9.31. The number of pyridine rings is 1. The average Bonchev–Trinajstić information content (AvgIpc) is 3.22. The third-order valence-electron chi connectivity index (χ3n) is 8.38. The van der Waals surface area contributed by atoms with Gasteiger partial charge in [0.15, 0.2) is 0 Å². The zero-order valence-electron chi connectivity index (χ0n) is 24.1. The van der Waals surface area contributed by atoms with Gasteiger partial charge >= 0.3 is 0 Å². The second-order valence-electron chi connectivity index (χ2n) is 11.0. The zero-order valence-corrected chi connectivity index (χ0v) is 25.7. The third-order valence-corrected chi connectivity index (χ3v) is 9.76. The van der Waals surface area contributed by atoms with E-state index >= 15 is 0 Å². The van der Waals surface area contributed by atoms with Crippen molar-refractivity contribution in [2.24, 2.45) is 18.9 Å². The van der Waals surface area contributed by atoms with Gasteiger partial charge in [0.1, 0.15) is 21.8 Å². The van der Waals surface area contributed by atoms with Crippen molar-refractivity contribution in [1.82, 2.24) is 9.47 Å². The van der Waals surface area contributed by atoms with Gasteiger partial charge in [0.25, 0.3) is 11.5 Å². The van der Waals surface area contributed by atoms with Crippen LogP contribution in [-0.4, -0.2) is 39.3 Å². The summed E-state index contributed by atoms with van der Waals surface area (Å²) < 4.78 is 2.17. The molecule has 0 aliphatic carbocycles. The van der Waals surface area contributed by atoms with Crippen molar-refractivity contribution in [1.29, 1.82) is 5.26 Å². The van der Waals surface area contributed by atoms with E-state index in [4.69, 9.17) is 12.2 Å². The monoisotopic (exact) mass is 576 g/mol. The maximum absolute atomic E-state index is 13.6. The SMILES string of the molecule is CCCCC(CC)CN1C(=O)C(=Cc2c(C)c(C#N)c(=O)n(C)c2N2CCC(Cc3ccccc3)CC2)SC1=S. The Balaban J connectivity index is 1.63. The number of carbonyl (C=O) groups is 1. The molecule has 2 aliphatic rings. The average molecular weight is 577 g/mol. The van der Waals surface area contributed by atoms with Crippen molar-refractivity contribution in [3.63, 3.8) is 0 Å². The lowest BCUT2D eigenvalue weighted by Crippen LogP contribution is -2.39. The van der Waals surface area contributed by atoms with Crippen LogP contribution in [0, 0.1) is 30.1 Å². The van der Waals surface area contributed by atoms with Crippen LogP contribution in [0.15, 0.2) is 40.0 Å². The van der Waals surface area contributed by atoms with Crippen LogP contribution in [-0.2, 0) is 18.3 Å². The first kappa shape index (κ1) is 30.1. The van der Waals surface area contributed by atoms with E-state index in [1.54, 1.807) is 16.5 Å². The van der Waals surface area contributed by atoms with Gasteiger partial charge in [-0.3, -0.25) is 19.1 Å². The highest BCUT2D eigenvalue weighted by molar-refractivity contribution is 8.26. The molecule has 0 N–H and O–H groups in total. The summed E-state index contributed by atoms with van der Waals surface area (Å²) in [4.78, 5) is 31.3. The van der Waals surface area contributed by atoms with E-state index in [9.17, 15) is 14.9 Å². The molecule has 212 valence electrons. The molecule has 0 radical (unpaired) electrons. The number of thioether (sulfide) groups is 1. The number of amides is 1. The molecule has 40 heavy (non-hydrogen) atoms. The largest absolute Gasteiger partial charge is 0.357 e. The van der Waals surface area contributed by atoms with Crippen LogP contribution in [0.5, 0.6) is 0 Å². The standard InChI is InChI=1S/C32H40N4O2S2/c1-5-7-11-23(6-2)21-36-31(38)28(40-32(36)39)19-26-22(3)27(20-33)30(37)34(4)29(26)35-16-14-25(15-17-35)18-24-12-9-8-10-13-24/h8-10,12-13,19,23,25H,5-7,11,14-18,21H2,1-4H3. The van der Waals surface area contributed by atoms with Crippen LogP contribution in [0.25, 0.3) is 6.08 Å². The van der Waals surface area contributed by atoms with Crippen LogP contribution >= 0.6 is 24.0 Å². The minimum Gasteiger partial charge on any atom is -0.357 e. The normalized spacial score (nSPS) is 18.0. The fraction of sp³-hybridized carbons (Fsp3) is 0.500. The lowest BCUT2D eigenvalue weighted by Gasteiger charge is -2.36. The zero-order chi connectivity index (χ0) is 28.8. The molecule has 6 nitrogen and oxygen atoms in total. The molecule has 0 spiro atoms. The number of rotatable bonds is 10. The molecule has 3 heterocycles. The van der Waals surface area contributed by atoms with Gasteiger partial charge in [-0.15, -0.1) is 0 Å². The molecule has 2 fully saturated rings. The van der Waals surface area contributed by atoms with Crippen molar-refractivity contribution in [2.45, 2.75) is 65.7 Å². The van der Waals surface area contributed by atoms with Gasteiger partial charge in [0.2, 0.25) is 0 Å². The molecule has 0 bridgehead atoms. The maximum atomic E-state index is 13.6. The highest BCUT2D eigenvalue weighted by Crippen LogP contribution is 2.37. The van der Waals surface area contributed by atoms with E-state index in [2.05, 4.69) is 49.1 Å². The van der Waals surface area contributed by atoms with Gasteiger partial charge in [0.05, 0.1) is 4.91 Å². The van der Waals surface area contributed by atoms with Crippen molar-refractivity contribution < 1.29 is 4.79 Å². The smallest absolute Gasteiger partial charge is 0.270 e. The van der Waals surface area contributed by atoms with Gasteiger partial charge in [0, 0.05) is 32.2 Å². The number of thiocarbonyl (C=S) groups is 1. The van der Waals surface area contributed by atoms with E-state index in [1.165, 1.54) is 17.3 Å². The van der Waals surface area contributed by atoms with Crippen LogP contribution in [0.4, 0.5) is 5.82 Å².